The summed E-state index contributed by atoms with van der Waals surface area (Å²) in [7, 11) is 0. The molecule has 4 rings (SSSR count). The number of esters is 1. The number of benzene rings is 3. The smallest absolute Gasteiger partial charge is 0.359 e. The van der Waals surface area contributed by atoms with Crippen LogP contribution in [-0.4, -0.2) is 28.3 Å². The number of fused-ring (bicyclic) bond motifs is 1. The van der Waals surface area contributed by atoms with Crippen LogP contribution in [0, 0.1) is 5.82 Å². The number of hydrogen-bond acceptors (Lipinski definition) is 5. The van der Waals surface area contributed by atoms with Gasteiger partial charge in [0.15, 0.2) is 12.3 Å². The molecule has 0 unspecified atom stereocenters. The van der Waals surface area contributed by atoms with E-state index < -0.39 is 24.3 Å². The van der Waals surface area contributed by atoms with E-state index in [4.69, 9.17) is 4.74 Å². The molecule has 0 bridgehead atoms. The topological polar surface area (TPSA) is 90.3 Å². The van der Waals surface area contributed by atoms with Crippen molar-refractivity contribution in [1.82, 2.24) is 15.1 Å². The summed E-state index contributed by atoms with van der Waals surface area (Å²) in [5, 5.41) is 7.39. The van der Waals surface area contributed by atoms with E-state index in [0.29, 0.717) is 16.3 Å². The lowest BCUT2D eigenvalue weighted by atomic mass is 10.1. The third-order valence-corrected chi connectivity index (χ3v) is 5.00. The molecule has 1 amide bonds. The van der Waals surface area contributed by atoms with Crippen LogP contribution in [0.25, 0.3) is 10.8 Å². The number of aromatic nitrogens is 2. The molecule has 0 aliphatic carbocycles. The van der Waals surface area contributed by atoms with Gasteiger partial charge in [0, 0.05) is 17.5 Å². The minimum Gasteiger partial charge on any atom is -0.451 e. The van der Waals surface area contributed by atoms with Crippen molar-refractivity contribution in [2.45, 2.75) is 13.1 Å². The van der Waals surface area contributed by atoms with Gasteiger partial charge in [-0.05, 0) is 17.7 Å². The van der Waals surface area contributed by atoms with E-state index in [2.05, 4.69) is 10.4 Å². The van der Waals surface area contributed by atoms with Crippen molar-refractivity contribution < 1.29 is 18.7 Å². The fourth-order valence-corrected chi connectivity index (χ4v) is 3.34. The van der Waals surface area contributed by atoms with Gasteiger partial charge in [0.2, 0.25) is 0 Å². The molecule has 0 saturated carbocycles. The lowest BCUT2D eigenvalue weighted by Gasteiger charge is -2.11. The average Bonchev–Trinajstić information content (AvgIpc) is 2.84. The van der Waals surface area contributed by atoms with E-state index in [1.54, 1.807) is 42.5 Å². The lowest BCUT2D eigenvalue weighted by Crippen LogP contribution is -2.30. The Bertz CT molecular complexity index is 1370. The Kier molecular flexibility index (Phi) is 6.54. The van der Waals surface area contributed by atoms with Crippen LogP contribution >= 0.6 is 0 Å². The van der Waals surface area contributed by atoms with Crippen molar-refractivity contribution in [3.63, 3.8) is 0 Å². The largest absolute Gasteiger partial charge is 0.451 e. The van der Waals surface area contributed by atoms with Gasteiger partial charge in [-0.3, -0.25) is 9.59 Å². The molecule has 1 aromatic heterocycles. The van der Waals surface area contributed by atoms with Crippen LogP contribution in [0.4, 0.5) is 4.39 Å². The van der Waals surface area contributed by atoms with Crippen molar-refractivity contribution in [1.29, 1.82) is 0 Å². The normalized spacial score (nSPS) is 10.7. The van der Waals surface area contributed by atoms with E-state index in [1.807, 2.05) is 30.3 Å². The first-order chi connectivity index (χ1) is 16.0. The van der Waals surface area contributed by atoms with Gasteiger partial charge in [-0.2, -0.15) is 5.10 Å². The number of nitrogens with one attached hydrogen (secondary N) is 1. The zero-order chi connectivity index (χ0) is 23.2. The predicted molar refractivity (Wildman–Crippen MR) is 120 cm³/mol. The van der Waals surface area contributed by atoms with E-state index in [0.717, 1.165) is 5.56 Å². The SMILES string of the molecule is O=C(COC(=O)c1nn(Cc2ccccc2)c(=O)c2ccccc12)NCc1ccccc1F. The van der Waals surface area contributed by atoms with Crippen molar-refractivity contribution in [2.24, 2.45) is 0 Å². The highest BCUT2D eigenvalue weighted by Crippen LogP contribution is 2.15. The highest BCUT2D eigenvalue weighted by Gasteiger charge is 2.19. The molecule has 4 aromatic rings. The van der Waals surface area contributed by atoms with Crippen molar-refractivity contribution in [3.8, 4) is 0 Å². The van der Waals surface area contributed by atoms with Crippen LogP contribution in [0.3, 0.4) is 0 Å². The van der Waals surface area contributed by atoms with E-state index in [-0.39, 0.29) is 24.3 Å². The second-order valence-electron chi connectivity index (χ2n) is 7.29. The number of hydrogen-bond donors (Lipinski definition) is 1. The van der Waals surface area contributed by atoms with Gasteiger partial charge in [0.25, 0.3) is 11.5 Å². The molecule has 3 aromatic carbocycles. The molecule has 0 radical (unpaired) electrons. The molecule has 0 aliphatic heterocycles. The number of amides is 1. The van der Waals surface area contributed by atoms with Crippen LogP contribution < -0.4 is 10.9 Å². The molecule has 33 heavy (non-hydrogen) atoms. The first kappa shape index (κ1) is 21.9. The molecule has 0 saturated heterocycles. The van der Waals surface area contributed by atoms with Crippen LogP contribution in [0.15, 0.2) is 83.7 Å². The Labute approximate surface area is 188 Å². The van der Waals surface area contributed by atoms with Gasteiger partial charge in [0.1, 0.15) is 5.82 Å². The molecule has 0 spiro atoms. The van der Waals surface area contributed by atoms with Crippen molar-refractivity contribution in [2.75, 3.05) is 6.61 Å². The molecular formula is C25H20FN3O4. The van der Waals surface area contributed by atoms with Crippen molar-refractivity contribution in [3.05, 3.63) is 112 Å². The standard InChI is InChI=1S/C25H20FN3O4/c26-21-13-7-4-10-18(21)14-27-22(30)16-33-25(32)23-19-11-5-6-12-20(19)24(31)29(28-23)15-17-8-2-1-3-9-17/h1-13H,14-16H2,(H,27,30). The van der Waals surface area contributed by atoms with E-state index >= 15 is 0 Å². The van der Waals surface area contributed by atoms with Gasteiger partial charge < -0.3 is 10.1 Å². The summed E-state index contributed by atoms with van der Waals surface area (Å²) in [6, 6.07) is 21.9. The maximum atomic E-state index is 13.7. The highest BCUT2D eigenvalue weighted by atomic mass is 19.1. The predicted octanol–water partition coefficient (Wildman–Crippen LogP) is 3.06. The van der Waals surface area contributed by atoms with E-state index in [1.165, 1.54) is 10.7 Å². The van der Waals surface area contributed by atoms with Crippen LogP contribution in [-0.2, 0) is 22.6 Å². The Morgan fingerprint density at radius 2 is 1.58 bits per heavy atom. The molecule has 166 valence electrons. The maximum absolute atomic E-state index is 13.7. The Hall–Kier alpha value is -4.33. The number of carbonyl (C=O) groups is 2. The summed E-state index contributed by atoms with van der Waals surface area (Å²) >= 11 is 0. The summed E-state index contributed by atoms with van der Waals surface area (Å²) in [6.45, 7) is -0.429. The molecule has 1 heterocycles. The minimum atomic E-state index is -0.839. The molecule has 7 nitrogen and oxygen atoms in total. The quantitative estimate of drug-likeness (QED) is 0.442. The number of carbonyl (C=O) groups excluding carboxylic acids is 2. The lowest BCUT2D eigenvalue weighted by molar-refractivity contribution is -0.124. The summed E-state index contributed by atoms with van der Waals surface area (Å²) in [4.78, 5) is 37.7. The van der Waals surface area contributed by atoms with E-state index in [9.17, 15) is 18.8 Å². The monoisotopic (exact) mass is 445 g/mol. The molecular weight excluding hydrogens is 425 g/mol. The second kappa shape index (κ2) is 9.86. The third kappa shape index (κ3) is 5.12. The molecule has 0 fully saturated rings. The summed E-state index contributed by atoms with van der Waals surface area (Å²) in [5.41, 5.74) is 0.753. The van der Waals surface area contributed by atoms with Gasteiger partial charge >= 0.3 is 5.97 Å². The van der Waals surface area contributed by atoms with Gasteiger partial charge in [-0.25, -0.2) is 13.9 Å². The fourth-order valence-electron chi connectivity index (χ4n) is 3.34. The van der Waals surface area contributed by atoms with Crippen LogP contribution in [0.2, 0.25) is 0 Å². The molecule has 0 aliphatic rings. The number of rotatable bonds is 7. The summed E-state index contributed by atoms with van der Waals surface area (Å²) in [6.07, 6.45) is 0. The van der Waals surface area contributed by atoms with Gasteiger partial charge in [-0.15, -0.1) is 0 Å². The maximum Gasteiger partial charge on any atom is 0.359 e. The number of ether oxygens (including phenoxy) is 1. The zero-order valence-electron chi connectivity index (χ0n) is 17.5. The average molecular weight is 445 g/mol. The molecule has 1 N–H and O–H groups in total. The van der Waals surface area contributed by atoms with Gasteiger partial charge in [-0.1, -0.05) is 66.7 Å². The Morgan fingerprint density at radius 3 is 2.33 bits per heavy atom. The Morgan fingerprint density at radius 1 is 0.909 bits per heavy atom. The number of halogens is 1. The number of nitrogens with zero attached hydrogens (tertiary/aromatic N) is 2. The zero-order valence-corrected chi connectivity index (χ0v) is 17.5. The van der Waals surface area contributed by atoms with Crippen molar-refractivity contribution >= 4 is 22.6 Å². The van der Waals surface area contributed by atoms with Crippen LogP contribution in [0.1, 0.15) is 21.6 Å². The van der Waals surface area contributed by atoms with Gasteiger partial charge in [0.05, 0.1) is 11.9 Å². The fraction of sp³-hybridized carbons (Fsp3) is 0.120. The second-order valence-corrected chi connectivity index (χ2v) is 7.29. The first-order valence-corrected chi connectivity index (χ1v) is 10.2. The molecule has 8 heteroatoms. The van der Waals surface area contributed by atoms with Crippen LogP contribution in [0.5, 0.6) is 0 Å². The molecule has 0 atom stereocenters. The summed E-state index contributed by atoms with van der Waals surface area (Å²) in [5.74, 6) is -1.87. The third-order valence-electron chi connectivity index (χ3n) is 5.00. The summed E-state index contributed by atoms with van der Waals surface area (Å²) < 4.78 is 20.0. The first-order valence-electron chi connectivity index (χ1n) is 10.2. The Balaban J connectivity index is 1.51. The highest BCUT2D eigenvalue weighted by molar-refractivity contribution is 6.02. The minimum absolute atomic E-state index is 0.0355.